The van der Waals surface area contributed by atoms with Gasteiger partial charge in [-0.05, 0) is 37.3 Å². The van der Waals surface area contributed by atoms with E-state index in [1.54, 1.807) is 13.0 Å². The van der Waals surface area contributed by atoms with Crippen molar-refractivity contribution in [2.24, 2.45) is 0 Å². The van der Waals surface area contributed by atoms with E-state index in [2.05, 4.69) is 10.0 Å². The number of amides is 1. The fourth-order valence-electron chi connectivity index (χ4n) is 2.05. The molecule has 2 aromatic carbocycles. The predicted octanol–water partition coefficient (Wildman–Crippen LogP) is 2.53. The number of hydrogen-bond acceptors (Lipinski definition) is 5. The Morgan fingerprint density at radius 1 is 1.12 bits per heavy atom. The molecule has 0 aliphatic rings. The highest BCUT2D eigenvalue weighted by Crippen LogP contribution is 2.25. The van der Waals surface area contributed by atoms with Crippen LogP contribution in [0.5, 0.6) is 0 Å². The van der Waals surface area contributed by atoms with E-state index < -0.39 is 20.9 Å². The predicted molar refractivity (Wildman–Crippen MR) is 90.7 cm³/mol. The standard InChI is InChI=1S/C15H15N3O5S/c1-10-13(4-3-5-14(10)18(20)21)16-15(19)11-6-8-12(9-7-11)17-24(2,22)23/h3-9,17H,1-2H3,(H,16,19). The number of benzene rings is 2. The van der Waals surface area contributed by atoms with E-state index in [4.69, 9.17) is 0 Å². The number of nitro benzene ring substituents is 1. The molecule has 24 heavy (non-hydrogen) atoms. The van der Waals surface area contributed by atoms with Gasteiger partial charge in [0.05, 0.1) is 22.4 Å². The van der Waals surface area contributed by atoms with Gasteiger partial charge in [0, 0.05) is 17.3 Å². The van der Waals surface area contributed by atoms with E-state index in [0.29, 0.717) is 22.5 Å². The number of carbonyl (C=O) groups excluding carboxylic acids is 1. The molecule has 0 heterocycles. The average molecular weight is 349 g/mol. The van der Waals surface area contributed by atoms with Crippen molar-refractivity contribution in [3.63, 3.8) is 0 Å². The summed E-state index contributed by atoms with van der Waals surface area (Å²) in [5.41, 5.74) is 1.24. The van der Waals surface area contributed by atoms with Crippen LogP contribution in [0.2, 0.25) is 0 Å². The van der Waals surface area contributed by atoms with Gasteiger partial charge in [0.1, 0.15) is 0 Å². The van der Waals surface area contributed by atoms with Gasteiger partial charge in [-0.2, -0.15) is 0 Å². The van der Waals surface area contributed by atoms with Gasteiger partial charge in [0.15, 0.2) is 0 Å². The Kier molecular flexibility index (Phi) is 4.84. The Labute approximate surface area is 138 Å². The number of nitro groups is 1. The van der Waals surface area contributed by atoms with E-state index in [0.717, 1.165) is 6.26 Å². The third-order valence-electron chi connectivity index (χ3n) is 3.20. The molecule has 126 valence electrons. The van der Waals surface area contributed by atoms with E-state index >= 15 is 0 Å². The first kappa shape index (κ1) is 17.4. The summed E-state index contributed by atoms with van der Waals surface area (Å²) in [4.78, 5) is 22.6. The monoisotopic (exact) mass is 349 g/mol. The second-order valence-corrected chi connectivity index (χ2v) is 6.86. The quantitative estimate of drug-likeness (QED) is 0.635. The minimum absolute atomic E-state index is 0.0829. The molecule has 0 bridgehead atoms. The van der Waals surface area contributed by atoms with Crippen LogP contribution in [0.1, 0.15) is 15.9 Å². The molecule has 9 heteroatoms. The summed E-state index contributed by atoms with van der Waals surface area (Å²) in [5, 5.41) is 13.5. The van der Waals surface area contributed by atoms with Crippen LogP contribution in [-0.2, 0) is 10.0 Å². The van der Waals surface area contributed by atoms with Gasteiger partial charge in [-0.25, -0.2) is 8.42 Å². The lowest BCUT2D eigenvalue weighted by Crippen LogP contribution is -2.14. The van der Waals surface area contributed by atoms with Crippen LogP contribution in [0, 0.1) is 17.0 Å². The van der Waals surface area contributed by atoms with Crippen molar-refractivity contribution < 1.29 is 18.1 Å². The van der Waals surface area contributed by atoms with E-state index in [1.807, 2.05) is 0 Å². The first-order valence-electron chi connectivity index (χ1n) is 6.80. The first-order valence-corrected chi connectivity index (χ1v) is 8.70. The molecular formula is C15H15N3O5S. The molecule has 0 fully saturated rings. The summed E-state index contributed by atoms with van der Waals surface area (Å²) < 4.78 is 24.6. The highest BCUT2D eigenvalue weighted by atomic mass is 32.2. The lowest BCUT2D eigenvalue weighted by atomic mass is 10.1. The van der Waals surface area contributed by atoms with Crippen molar-refractivity contribution in [1.29, 1.82) is 0 Å². The molecule has 0 atom stereocenters. The Morgan fingerprint density at radius 3 is 2.29 bits per heavy atom. The topological polar surface area (TPSA) is 118 Å². The van der Waals surface area contributed by atoms with Crippen molar-refractivity contribution in [3.8, 4) is 0 Å². The number of nitrogens with one attached hydrogen (secondary N) is 2. The molecule has 0 spiro atoms. The smallest absolute Gasteiger partial charge is 0.274 e. The van der Waals surface area contributed by atoms with Gasteiger partial charge in [-0.15, -0.1) is 0 Å². The maximum absolute atomic E-state index is 12.2. The van der Waals surface area contributed by atoms with Crippen molar-refractivity contribution in [1.82, 2.24) is 0 Å². The molecule has 0 aliphatic carbocycles. The molecule has 0 saturated heterocycles. The second-order valence-electron chi connectivity index (χ2n) is 5.11. The summed E-state index contributed by atoms with van der Waals surface area (Å²) in [6.07, 6.45) is 1.03. The van der Waals surface area contributed by atoms with Gasteiger partial charge in [0.25, 0.3) is 11.6 Å². The van der Waals surface area contributed by atoms with Gasteiger partial charge >= 0.3 is 0 Å². The first-order chi connectivity index (χ1) is 11.2. The number of nitrogens with zero attached hydrogens (tertiary/aromatic N) is 1. The lowest BCUT2D eigenvalue weighted by Gasteiger charge is -2.09. The number of hydrogen-bond donors (Lipinski definition) is 2. The number of carbonyl (C=O) groups is 1. The SMILES string of the molecule is Cc1c(NC(=O)c2ccc(NS(C)(=O)=O)cc2)cccc1[N+](=O)[O-]. The number of sulfonamides is 1. The maximum atomic E-state index is 12.2. The van der Waals surface area contributed by atoms with Gasteiger partial charge < -0.3 is 5.32 Å². The molecule has 0 unspecified atom stereocenters. The summed E-state index contributed by atoms with van der Waals surface area (Å²) in [7, 11) is -3.39. The van der Waals surface area contributed by atoms with Crippen molar-refractivity contribution in [2.45, 2.75) is 6.92 Å². The summed E-state index contributed by atoms with van der Waals surface area (Å²) in [6.45, 7) is 1.55. The molecule has 0 aromatic heterocycles. The van der Waals surface area contributed by atoms with Crippen molar-refractivity contribution in [2.75, 3.05) is 16.3 Å². The highest BCUT2D eigenvalue weighted by Gasteiger charge is 2.15. The molecule has 0 saturated carbocycles. The third kappa shape index (κ3) is 4.29. The Balaban J connectivity index is 2.19. The Morgan fingerprint density at radius 2 is 1.75 bits per heavy atom. The summed E-state index contributed by atoms with van der Waals surface area (Å²) >= 11 is 0. The minimum Gasteiger partial charge on any atom is -0.321 e. The van der Waals surface area contributed by atoms with Gasteiger partial charge in [-0.3, -0.25) is 19.6 Å². The van der Waals surface area contributed by atoms with Gasteiger partial charge in [0.2, 0.25) is 10.0 Å². The molecule has 0 radical (unpaired) electrons. The zero-order valence-corrected chi connectivity index (χ0v) is 13.8. The Hall–Kier alpha value is -2.94. The van der Waals surface area contributed by atoms with Crippen molar-refractivity contribution >= 4 is 33.0 Å². The molecule has 2 rings (SSSR count). The second kappa shape index (κ2) is 6.67. The normalized spacial score (nSPS) is 10.9. The molecule has 0 aliphatic heterocycles. The van der Waals surface area contributed by atoms with Crippen LogP contribution in [0.25, 0.3) is 0 Å². The summed E-state index contributed by atoms with van der Waals surface area (Å²) in [5.74, 6) is -0.454. The lowest BCUT2D eigenvalue weighted by molar-refractivity contribution is -0.385. The van der Waals surface area contributed by atoms with Crippen LogP contribution in [-0.4, -0.2) is 25.5 Å². The molecule has 2 aromatic rings. The minimum atomic E-state index is -3.39. The molecule has 2 N–H and O–H groups in total. The van der Waals surface area contributed by atoms with Crippen LogP contribution in [0.3, 0.4) is 0 Å². The van der Waals surface area contributed by atoms with Crippen LogP contribution < -0.4 is 10.0 Å². The highest BCUT2D eigenvalue weighted by molar-refractivity contribution is 7.92. The van der Waals surface area contributed by atoms with Crippen LogP contribution >= 0.6 is 0 Å². The van der Waals surface area contributed by atoms with E-state index in [1.165, 1.54) is 36.4 Å². The van der Waals surface area contributed by atoms with Crippen LogP contribution in [0.15, 0.2) is 42.5 Å². The average Bonchev–Trinajstić information content (AvgIpc) is 2.48. The summed E-state index contributed by atoms with van der Waals surface area (Å²) in [6, 6.07) is 10.2. The fraction of sp³-hybridized carbons (Fsp3) is 0.133. The number of anilines is 2. The zero-order chi connectivity index (χ0) is 17.9. The molecule has 1 amide bonds. The van der Waals surface area contributed by atoms with Gasteiger partial charge in [-0.1, -0.05) is 6.07 Å². The molecule has 8 nitrogen and oxygen atoms in total. The maximum Gasteiger partial charge on any atom is 0.274 e. The largest absolute Gasteiger partial charge is 0.321 e. The van der Waals surface area contributed by atoms with E-state index in [-0.39, 0.29) is 5.69 Å². The van der Waals surface area contributed by atoms with Crippen LogP contribution in [0.4, 0.5) is 17.1 Å². The Bertz CT molecular complexity index is 892. The molecular weight excluding hydrogens is 334 g/mol. The van der Waals surface area contributed by atoms with Crippen molar-refractivity contribution in [3.05, 3.63) is 63.7 Å². The van der Waals surface area contributed by atoms with E-state index in [9.17, 15) is 23.3 Å². The third-order valence-corrected chi connectivity index (χ3v) is 3.81. The fourth-order valence-corrected chi connectivity index (χ4v) is 2.62. The number of rotatable bonds is 5. The zero-order valence-electron chi connectivity index (χ0n) is 12.9.